The van der Waals surface area contributed by atoms with E-state index in [1.807, 2.05) is 36.4 Å². The molecule has 2 N–H and O–H groups in total. The molecule has 2 nitrogen and oxygen atoms in total. The van der Waals surface area contributed by atoms with Crippen LogP contribution in [-0.2, 0) is 6.42 Å². The van der Waals surface area contributed by atoms with E-state index in [0.29, 0.717) is 5.11 Å². The second-order valence-corrected chi connectivity index (χ2v) is 5.42. The van der Waals surface area contributed by atoms with Gasteiger partial charge in [0.05, 0.1) is 0 Å². The van der Waals surface area contributed by atoms with Gasteiger partial charge in [-0.3, -0.25) is 0 Å². The Hall–Kier alpha value is -1.58. The monoisotopic (exact) mass is 304 g/mol. The molecule has 0 amide bonds. The fourth-order valence-corrected chi connectivity index (χ4v) is 2.32. The first-order chi connectivity index (χ1) is 9.65. The van der Waals surface area contributed by atoms with Gasteiger partial charge in [-0.25, -0.2) is 0 Å². The molecule has 0 aliphatic heterocycles. The maximum atomic E-state index is 5.95. The van der Waals surface area contributed by atoms with Crippen LogP contribution in [0, 0.1) is 6.92 Å². The molecule has 2 aromatic carbocycles. The lowest BCUT2D eigenvalue weighted by atomic mass is 10.1. The fraction of sp³-hybridized carbons (Fsp3) is 0.188. The zero-order chi connectivity index (χ0) is 14.4. The van der Waals surface area contributed by atoms with E-state index in [0.717, 1.165) is 23.7 Å². The molecule has 0 saturated heterocycles. The third-order valence-electron chi connectivity index (χ3n) is 2.98. The van der Waals surface area contributed by atoms with Crippen molar-refractivity contribution in [2.45, 2.75) is 13.3 Å². The maximum Gasteiger partial charge on any atom is 0.170 e. The normalized spacial score (nSPS) is 10.1. The van der Waals surface area contributed by atoms with Crippen LogP contribution in [0.1, 0.15) is 11.1 Å². The SMILES string of the molecule is Cc1ccccc1NC(=S)NCCc1cccc(Cl)c1. The molecule has 0 aromatic heterocycles. The Bertz CT molecular complexity index is 599. The minimum atomic E-state index is 0.640. The predicted molar refractivity (Wildman–Crippen MR) is 90.6 cm³/mol. The summed E-state index contributed by atoms with van der Waals surface area (Å²) >= 11 is 11.2. The van der Waals surface area contributed by atoms with Gasteiger partial charge < -0.3 is 10.6 Å². The summed E-state index contributed by atoms with van der Waals surface area (Å²) in [6.07, 6.45) is 0.885. The van der Waals surface area contributed by atoms with Crippen molar-refractivity contribution in [1.29, 1.82) is 0 Å². The van der Waals surface area contributed by atoms with E-state index in [-0.39, 0.29) is 0 Å². The zero-order valence-corrected chi connectivity index (χ0v) is 12.9. The van der Waals surface area contributed by atoms with E-state index in [4.69, 9.17) is 23.8 Å². The summed E-state index contributed by atoms with van der Waals surface area (Å²) in [6, 6.07) is 15.9. The van der Waals surface area contributed by atoms with Crippen molar-refractivity contribution in [1.82, 2.24) is 5.32 Å². The highest BCUT2D eigenvalue weighted by molar-refractivity contribution is 7.80. The predicted octanol–water partition coefficient (Wildman–Crippen LogP) is 4.18. The highest BCUT2D eigenvalue weighted by Gasteiger charge is 2.00. The number of thiocarbonyl (C=S) groups is 1. The molecule has 20 heavy (non-hydrogen) atoms. The van der Waals surface area contributed by atoms with Crippen LogP contribution in [-0.4, -0.2) is 11.7 Å². The Kier molecular flexibility index (Phi) is 5.39. The first-order valence-electron chi connectivity index (χ1n) is 6.50. The summed E-state index contributed by atoms with van der Waals surface area (Å²) in [4.78, 5) is 0. The Morgan fingerprint density at radius 1 is 1.15 bits per heavy atom. The molecular formula is C16H17ClN2S. The summed E-state index contributed by atoms with van der Waals surface area (Å²) in [5, 5.41) is 7.81. The molecule has 104 valence electrons. The van der Waals surface area contributed by atoms with Gasteiger partial charge in [-0.15, -0.1) is 0 Å². The molecular weight excluding hydrogens is 288 g/mol. The molecule has 2 aromatic rings. The second-order valence-electron chi connectivity index (χ2n) is 4.58. The molecule has 0 fully saturated rings. The summed E-state index contributed by atoms with van der Waals surface area (Å²) in [6.45, 7) is 2.83. The number of hydrogen-bond donors (Lipinski definition) is 2. The van der Waals surface area contributed by atoms with Crippen LogP contribution in [0.2, 0.25) is 5.02 Å². The molecule has 0 radical (unpaired) electrons. The van der Waals surface area contributed by atoms with Crippen molar-refractivity contribution in [3.63, 3.8) is 0 Å². The van der Waals surface area contributed by atoms with Gasteiger partial charge in [0.1, 0.15) is 0 Å². The van der Waals surface area contributed by atoms with Crippen molar-refractivity contribution < 1.29 is 0 Å². The fourth-order valence-electron chi connectivity index (χ4n) is 1.89. The van der Waals surface area contributed by atoms with Crippen LogP contribution in [0.25, 0.3) is 0 Å². The molecule has 2 rings (SSSR count). The molecule has 4 heteroatoms. The van der Waals surface area contributed by atoms with Crippen LogP contribution < -0.4 is 10.6 Å². The van der Waals surface area contributed by atoms with Crippen LogP contribution in [0.15, 0.2) is 48.5 Å². The zero-order valence-electron chi connectivity index (χ0n) is 11.3. The van der Waals surface area contributed by atoms with Gasteiger partial charge in [0.2, 0.25) is 0 Å². The minimum Gasteiger partial charge on any atom is -0.362 e. The largest absolute Gasteiger partial charge is 0.362 e. The number of anilines is 1. The van der Waals surface area contributed by atoms with Gasteiger partial charge in [-0.1, -0.05) is 41.9 Å². The number of benzene rings is 2. The Morgan fingerprint density at radius 2 is 1.95 bits per heavy atom. The quantitative estimate of drug-likeness (QED) is 0.829. The Balaban J connectivity index is 1.80. The molecule has 0 heterocycles. The number of rotatable bonds is 4. The summed E-state index contributed by atoms with van der Waals surface area (Å²) < 4.78 is 0. The average Bonchev–Trinajstić information content (AvgIpc) is 2.41. The van der Waals surface area contributed by atoms with E-state index in [1.165, 1.54) is 11.1 Å². The van der Waals surface area contributed by atoms with Crippen LogP contribution in [0.3, 0.4) is 0 Å². The van der Waals surface area contributed by atoms with Crippen molar-refractivity contribution in [2.24, 2.45) is 0 Å². The minimum absolute atomic E-state index is 0.640. The van der Waals surface area contributed by atoms with E-state index in [2.05, 4.69) is 29.7 Å². The van der Waals surface area contributed by atoms with Crippen molar-refractivity contribution >= 4 is 34.6 Å². The van der Waals surface area contributed by atoms with E-state index in [1.54, 1.807) is 0 Å². The number of aryl methyl sites for hydroxylation is 1. The molecule has 0 bridgehead atoms. The molecule has 0 unspecified atom stereocenters. The molecule has 0 atom stereocenters. The van der Waals surface area contributed by atoms with Gasteiger partial charge in [-0.2, -0.15) is 0 Å². The number of para-hydroxylation sites is 1. The lowest BCUT2D eigenvalue weighted by Gasteiger charge is -2.12. The van der Waals surface area contributed by atoms with Gasteiger partial charge in [-0.05, 0) is 54.9 Å². The summed E-state index contributed by atoms with van der Waals surface area (Å²) in [7, 11) is 0. The number of halogens is 1. The smallest absolute Gasteiger partial charge is 0.170 e. The van der Waals surface area contributed by atoms with E-state index < -0.39 is 0 Å². The lowest BCUT2D eigenvalue weighted by Crippen LogP contribution is -2.30. The van der Waals surface area contributed by atoms with Gasteiger partial charge >= 0.3 is 0 Å². The second kappa shape index (κ2) is 7.27. The third kappa shape index (κ3) is 4.51. The van der Waals surface area contributed by atoms with Crippen LogP contribution in [0.5, 0.6) is 0 Å². The molecule has 0 aliphatic carbocycles. The van der Waals surface area contributed by atoms with E-state index in [9.17, 15) is 0 Å². The van der Waals surface area contributed by atoms with Crippen molar-refractivity contribution in [3.05, 3.63) is 64.7 Å². The first kappa shape index (κ1) is 14.8. The topological polar surface area (TPSA) is 24.1 Å². The summed E-state index contributed by atoms with van der Waals surface area (Å²) in [5.41, 5.74) is 3.41. The first-order valence-corrected chi connectivity index (χ1v) is 7.29. The summed E-state index contributed by atoms with van der Waals surface area (Å²) in [5.74, 6) is 0. The number of hydrogen-bond acceptors (Lipinski definition) is 1. The molecule has 0 saturated carbocycles. The maximum absolute atomic E-state index is 5.95. The molecule has 0 spiro atoms. The van der Waals surface area contributed by atoms with Crippen LogP contribution >= 0.6 is 23.8 Å². The van der Waals surface area contributed by atoms with Gasteiger partial charge in [0.15, 0.2) is 5.11 Å². The van der Waals surface area contributed by atoms with Gasteiger partial charge in [0.25, 0.3) is 0 Å². The van der Waals surface area contributed by atoms with E-state index >= 15 is 0 Å². The Labute approximate surface area is 130 Å². The standard InChI is InChI=1S/C16H17ClN2S/c1-12-5-2-3-8-15(12)19-16(20)18-10-9-13-6-4-7-14(17)11-13/h2-8,11H,9-10H2,1H3,(H2,18,19,20). The van der Waals surface area contributed by atoms with Gasteiger partial charge in [0, 0.05) is 17.3 Å². The third-order valence-corrected chi connectivity index (χ3v) is 3.46. The van der Waals surface area contributed by atoms with Crippen molar-refractivity contribution in [3.8, 4) is 0 Å². The molecule has 0 aliphatic rings. The highest BCUT2D eigenvalue weighted by atomic mass is 35.5. The van der Waals surface area contributed by atoms with Crippen LogP contribution in [0.4, 0.5) is 5.69 Å². The Morgan fingerprint density at radius 3 is 2.70 bits per heavy atom. The highest BCUT2D eigenvalue weighted by Crippen LogP contribution is 2.13. The number of nitrogens with one attached hydrogen (secondary N) is 2. The van der Waals surface area contributed by atoms with Crippen molar-refractivity contribution in [2.75, 3.05) is 11.9 Å². The average molecular weight is 305 g/mol. The lowest BCUT2D eigenvalue weighted by molar-refractivity contribution is 0.873.